The Morgan fingerprint density at radius 1 is 0.800 bits per heavy atom. The van der Waals surface area contributed by atoms with Crippen LogP contribution in [0.25, 0.3) is 6.08 Å². The van der Waals surface area contributed by atoms with Gasteiger partial charge in [-0.3, -0.25) is 14.4 Å². The van der Waals surface area contributed by atoms with Crippen molar-refractivity contribution in [3.05, 3.63) is 108 Å². The lowest BCUT2D eigenvalue weighted by molar-refractivity contribution is -0.114. The molecule has 0 aliphatic carbocycles. The van der Waals surface area contributed by atoms with Crippen molar-refractivity contribution in [1.82, 2.24) is 5.32 Å². The van der Waals surface area contributed by atoms with Crippen molar-refractivity contribution in [3.8, 4) is 23.0 Å². The molecule has 0 bridgehead atoms. The molecule has 10 nitrogen and oxygen atoms in total. The summed E-state index contributed by atoms with van der Waals surface area (Å²) in [4.78, 5) is 39.8. The smallest absolute Gasteiger partial charge is 0.272 e. The van der Waals surface area contributed by atoms with Gasteiger partial charge in [-0.15, -0.1) is 11.8 Å². The highest BCUT2D eigenvalue weighted by atomic mass is 32.2. The fraction of sp³-hybridized carbons (Fsp3) is 0.147. The van der Waals surface area contributed by atoms with Crippen molar-refractivity contribution >= 4 is 46.9 Å². The molecule has 1 aliphatic heterocycles. The fourth-order valence-electron chi connectivity index (χ4n) is 4.34. The first kappa shape index (κ1) is 31.0. The van der Waals surface area contributed by atoms with E-state index in [0.717, 1.165) is 4.90 Å². The Balaban J connectivity index is 1.24. The Kier molecular flexibility index (Phi) is 10.2. The minimum atomic E-state index is -0.531. The Bertz CT molecular complexity index is 1710. The van der Waals surface area contributed by atoms with Crippen LogP contribution in [0.5, 0.6) is 23.0 Å². The summed E-state index contributed by atoms with van der Waals surface area (Å²) in [6.45, 7) is 0.966. The molecule has 0 saturated carbocycles. The minimum absolute atomic E-state index is 0.0154. The summed E-state index contributed by atoms with van der Waals surface area (Å²) in [5.41, 5.74) is 2.11. The van der Waals surface area contributed by atoms with Gasteiger partial charge in [0.05, 0.1) is 20.0 Å². The van der Waals surface area contributed by atoms with Crippen molar-refractivity contribution in [2.75, 3.05) is 43.8 Å². The quantitative estimate of drug-likeness (QED) is 0.145. The maximum absolute atomic E-state index is 13.4. The largest absolute Gasteiger partial charge is 0.497 e. The van der Waals surface area contributed by atoms with Gasteiger partial charge in [0.25, 0.3) is 11.8 Å². The maximum Gasteiger partial charge on any atom is 0.272 e. The zero-order valence-electron chi connectivity index (χ0n) is 24.6. The average Bonchev–Trinajstić information content (AvgIpc) is 3.08. The van der Waals surface area contributed by atoms with Crippen LogP contribution >= 0.6 is 11.8 Å². The van der Waals surface area contributed by atoms with Gasteiger partial charge in [0.2, 0.25) is 5.91 Å². The lowest BCUT2D eigenvalue weighted by Crippen LogP contribution is -2.30. The zero-order valence-corrected chi connectivity index (χ0v) is 25.4. The van der Waals surface area contributed by atoms with E-state index >= 15 is 0 Å². The number of hydrogen-bond donors (Lipinski definition) is 3. The normalized spacial score (nSPS) is 12.1. The molecule has 0 fully saturated rings. The van der Waals surface area contributed by atoms with E-state index in [1.807, 2.05) is 0 Å². The summed E-state index contributed by atoms with van der Waals surface area (Å²) in [7, 11) is 3.06. The molecule has 1 aliphatic rings. The van der Waals surface area contributed by atoms with Crippen LogP contribution in [0.2, 0.25) is 0 Å². The van der Waals surface area contributed by atoms with E-state index in [2.05, 4.69) is 16.0 Å². The first-order chi connectivity index (χ1) is 21.9. The number of hydrogen-bond acceptors (Lipinski definition) is 8. The monoisotopic (exact) mass is 625 g/mol. The van der Waals surface area contributed by atoms with E-state index in [0.29, 0.717) is 58.7 Å². The summed E-state index contributed by atoms with van der Waals surface area (Å²) in [5.74, 6) is 1.35. The number of anilines is 2. The van der Waals surface area contributed by atoms with Crippen LogP contribution in [0.4, 0.5) is 11.4 Å². The molecule has 230 valence electrons. The predicted molar refractivity (Wildman–Crippen MR) is 173 cm³/mol. The number of ether oxygens (including phenoxy) is 4. The first-order valence-corrected chi connectivity index (χ1v) is 14.9. The molecule has 4 aromatic rings. The standard InChI is InChI=1S/C34H31N3O7S/c1-41-26-12-8-23(30(20-26)42-2)18-28(37-33(39)22-6-4-3-5-7-22)34(40)36-24-9-13-27(14-10-24)45-21-32(38)35-25-11-15-29-31(19-25)44-17-16-43-29/h3-15,18-20H,16-17,21H2,1-2H3,(H,35,38)(H,36,40)(H,37,39)/b28-18-. The van der Waals surface area contributed by atoms with Gasteiger partial charge in [-0.2, -0.15) is 0 Å². The van der Waals surface area contributed by atoms with Gasteiger partial charge in [-0.05, 0) is 66.7 Å². The zero-order chi connectivity index (χ0) is 31.6. The summed E-state index contributed by atoms with van der Waals surface area (Å²) in [5, 5.41) is 8.42. The molecule has 1 heterocycles. The van der Waals surface area contributed by atoms with Gasteiger partial charge < -0.3 is 34.9 Å². The van der Waals surface area contributed by atoms with Crippen LogP contribution in [0.15, 0.2) is 102 Å². The maximum atomic E-state index is 13.4. The van der Waals surface area contributed by atoms with Gasteiger partial charge >= 0.3 is 0 Å². The van der Waals surface area contributed by atoms with Crippen LogP contribution in [0.3, 0.4) is 0 Å². The number of carbonyl (C=O) groups excluding carboxylic acids is 3. The van der Waals surface area contributed by atoms with Crippen LogP contribution in [-0.4, -0.2) is 50.9 Å². The highest BCUT2D eigenvalue weighted by molar-refractivity contribution is 8.00. The molecular weight excluding hydrogens is 594 g/mol. The van der Waals surface area contributed by atoms with Crippen molar-refractivity contribution in [1.29, 1.82) is 0 Å². The van der Waals surface area contributed by atoms with E-state index in [1.165, 1.54) is 18.9 Å². The second-order valence-electron chi connectivity index (χ2n) is 9.66. The van der Waals surface area contributed by atoms with Crippen LogP contribution in [0.1, 0.15) is 15.9 Å². The Morgan fingerprint density at radius 2 is 1.53 bits per heavy atom. The average molecular weight is 626 g/mol. The van der Waals surface area contributed by atoms with E-state index in [4.69, 9.17) is 18.9 Å². The first-order valence-electron chi connectivity index (χ1n) is 14.0. The van der Waals surface area contributed by atoms with Gasteiger partial charge in [0.15, 0.2) is 11.5 Å². The van der Waals surface area contributed by atoms with Crippen molar-refractivity contribution in [3.63, 3.8) is 0 Å². The molecule has 11 heteroatoms. The minimum Gasteiger partial charge on any atom is -0.497 e. The number of methoxy groups -OCH3 is 2. The van der Waals surface area contributed by atoms with Gasteiger partial charge in [-0.25, -0.2) is 0 Å². The number of nitrogens with one attached hydrogen (secondary N) is 3. The molecule has 0 saturated heterocycles. The molecule has 0 unspecified atom stereocenters. The highest BCUT2D eigenvalue weighted by Gasteiger charge is 2.17. The Morgan fingerprint density at radius 3 is 2.27 bits per heavy atom. The number of fused-ring (bicyclic) bond motifs is 1. The second-order valence-corrected chi connectivity index (χ2v) is 10.7. The number of benzene rings is 4. The van der Waals surface area contributed by atoms with Gasteiger partial charge in [-0.1, -0.05) is 18.2 Å². The lowest BCUT2D eigenvalue weighted by atomic mass is 10.1. The third-order valence-electron chi connectivity index (χ3n) is 6.58. The van der Waals surface area contributed by atoms with E-state index < -0.39 is 11.8 Å². The van der Waals surface area contributed by atoms with Crippen LogP contribution < -0.4 is 34.9 Å². The van der Waals surface area contributed by atoms with Crippen LogP contribution in [-0.2, 0) is 9.59 Å². The van der Waals surface area contributed by atoms with E-state index in [-0.39, 0.29) is 17.4 Å². The Labute approximate surface area is 264 Å². The van der Waals surface area contributed by atoms with E-state index in [1.54, 1.807) is 104 Å². The molecule has 3 amide bonds. The molecule has 3 N–H and O–H groups in total. The van der Waals surface area contributed by atoms with Crippen molar-refractivity contribution in [2.45, 2.75) is 4.90 Å². The summed E-state index contributed by atoms with van der Waals surface area (Å²) < 4.78 is 21.8. The van der Waals surface area contributed by atoms with Gasteiger partial charge in [0, 0.05) is 39.5 Å². The lowest BCUT2D eigenvalue weighted by Gasteiger charge is -2.19. The molecule has 5 rings (SSSR count). The molecule has 0 spiro atoms. The van der Waals surface area contributed by atoms with Crippen molar-refractivity contribution in [2.24, 2.45) is 0 Å². The SMILES string of the molecule is COc1ccc(/C=C(\NC(=O)c2ccccc2)C(=O)Nc2ccc(SCC(=O)Nc3ccc4c(c3)OCCO4)cc2)c(OC)c1. The molecule has 45 heavy (non-hydrogen) atoms. The van der Waals surface area contributed by atoms with Crippen molar-refractivity contribution < 1.29 is 33.3 Å². The molecule has 4 aromatic carbocycles. The molecule has 0 aromatic heterocycles. The second kappa shape index (κ2) is 14.8. The molecule has 0 atom stereocenters. The molecule has 0 radical (unpaired) electrons. The summed E-state index contributed by atoms with van der Waals surface area (Å²) >= 11 is 1.35. The topological polar surface area (TPSA) is 124 Å². The summed E-state index contributed by atoms with van der Waals surface area (Å²) in [6, 6.07) is 26.1. The number of thioether (sulfide) groups is 1. The van der Waals surface area contributed by atoms with E-state index in [9.17, 15) is 14.4 Å². The fourth-order valence-corrected chi connectivity index (χ4v) is 5.03. The number of rotatable bonds is 11. The summed E-state index contributed by atoms with van der Waals surface area (Å²) in [6.07, 6.45) is 1.54. The third kappa shape index (κ3) is 8.36. The van der Waals surface area contributed by atoms with Gasteiger partial charge in [0.1, 0.15) is 30.4 Å². The third-order valence-corrected chi connectivity index (χ3v) is 7.59. The predicted octanol–water partition coefficient (Wildman–Crippen LogP) is 5.62. The van der Waals surface area contributed by atoms with Crippen LogP contribution in [0, 0.1) is 0 Å². The molecular formula is C34H31N3O7S. The highest BCUT2D eigenvalue weighted by Crippen LogP contribution is 2.33. The number of amides is 3. The Hall–Kier alpha value is -5.42. The number of carbonyl (C=O) groups is 3.